The Balaban J connectivity index is 1.66. The van der Waals surface area contributed by atoms with Crippen LogP contribution in [0.2, 0.25) is 0 Å². The smallest absolute Gasteiger partial charge is 0.332 e. The third-order valence-electron chi connectivity index (χ3n) is 5.95. The topological polar surface area (TPSA) is 89.7 Å². The summed E-state index contributed by atoms with van der Waals surface area (Å²) < 4.78 is 7.84. The van der Waals surface area contributed by atoms with Crippen molar-refractivity contribution in [3.63, 3.8) is 0 Å². The van der Waals surface area contributed by atoms with Gasteiger partial charge >= 0.3 is 5.69 Å². The van der Waals surface area contributed by atoms with E-state index in [9.17, 15) is 14.4 Å². The van der Waals surface area contributed by atoms with Crippen LogP contribution in [0.4, 0.5) is 0 Å². The summed E-state index contributed by atoms with van der Waals surface area (Å²) in [6.07, 6.45) is 2.81. The number of hydrogen-bond acceptors (Lipinski definition) is 6. The average Bonchev–Trinajstić information content (AvgIpc) is 2.76. The van der Waals surface area contributed by atoms with Crippen molar-refractivity contribution in [3.8, 4) is 0 Å². The largest absolute Gasteiger partial charge is 0.379 e. The van der Waals surface area contributed by atoms with Gasteiger partial charge in [-0.2, -0.15) is 0 Å². The summed E-state index contributed by atoms with van der Waals surface area (Å²) in [6, 6.07) is 3.40. The van der Waals surface area contributed by atoms with Gasteiger partial charge in [0, 0.05) is 33.7 Å². The van der Waals surface area contributed by atoms with Crippen LogP contribution in [0.5, 0.6) is 0 Å². The Labute approximate surface area is 168 Å². The number of amides is 1. The second kappa shape index (κ2) is 8.08. The first-order valence-electron chi connectivity index (χ1n) is 10.1. The molecule has 2 saturated heterocycles. The Kier molecular flexibility index (Phi) is 5.51. The molecule has 1 amide bonds. The van der Waals surface area contributed by atoms with Crippen molar-refractivity contribution in [2.75, 3.05) is 39.4 Å². The number of nitrogens with zero attached hydrogens (tertiary/aromatic N) is 5. The molecule has 0 unspecified atom stereocenters. The van der Waals surface area contributed by atoms with Crippen LogP contribution in [0.15, 0.2) is 21.7 Å². The maximum atomic E-state index is 13.0. The van der Waals surface area contributed by atoms with E-state index in [-0.39, 0.29) is 17.5 Å². The lowest BCUT2D eigenvalue weighted by atomic mass is 9.98. The number of carbonyl (C=O) groups is 1. The number of likely N-dealkylation sites (tertiary alicyclic amines) is 1. The van der Waals surface area contributed by atoms with Crippen molar-refractivity contribution in [2.45, 2.75) is 25.3 Å². The highest BCUT2D eigenvalue weighted by molar-refractivity contribution is 5.79. The molecule has 0 radical (unpaired) electrons. The number of aromatic nitrogens is 3. The van der Waals surface area contributed by atoms with E-state index >= 15 is 0 Å². The predicted octanol–water partition coefficient (Wildman–Crippen LogP) is 0.0180. The third kappa shape index (κ3) is 3.72. The SMILES string of the molecule is Cn1c(=O)c2ccc([C@@H]3CCCCN3C(=O)CN3CCOCC3)nc2n(C)c1=O. The maximum absolute atomic E-state index is 13.0. The summed E-state index contributed by atoms with van der Waals surface area (Å²) in [5.74, 6) is 0.0939. The van der Waals surface area contributed by atoms with Gasteiger partial charge in [0.1, 0.15) is 5.65 Å². The zero-order chi connectivity index (χ0) is 20.5. The molecule has 0 N–H and O–H groups in total. The summed E-state index contributed by atoms with van der Waals surface area (Å²) in [6.45, 7) is 3.93. The van der Waals surface area contributed by atoms with E-state index in [1.807, 2.05) is 11.0 Å². The van der Waals surface area contributed by atoms with Crippen molar-refractivity contribution >= 4 is 16.9 Å². The fourth-order valence-electron chi connectivity index (χ4n) is 4.23. The van der Waals surface area contributed by atoms with Crippen LogP contribution in [-0.2, 0) is 23.6 Å². The van der Waals surface area contributed by atoms with E-state index in [1.54, 1.807) is 13.1 Å². The minimum atomic E-state index is -0.406. The quantitative estimate of drug-likeness (QED) is 0.720. The first-order chi connectivity index (χ1) is 14.0. The molecule has 2 aliphatic rings. The summed E-state index contributed by atoms with van der Waals surface area (Å²) in [7, 11) is 3.08. The number of morpholine rings is 1. The van der Waals surface area contributed by atoms with Gasteiger partial charge in [0.15, 0.2) is 0 Å². The average molecular weight is 401 g/mol. The number of pyridine rings is 1. The molecule has 9 nitrogen and oxygen atoms in total. The monoisotopic (exact) mass is 401 g/mol. The summed E-state index contributed by atoms with van der Waals surface area (Å²) >= 11 is 0. The van der Waals surface area contributed by atoms with Crippen LogP contribution in [0, 0.1) is 0 Å². The van der Waals surface area contributed by atoms with Crippen molar-refractivity contribution in [1.82, 2.24) is 23.9 Å². The van der Waals surface area contributed by atoms with Gasteiger partial charge in [-0.3, -0.25) is 23.6 Å². The van der Waals surface area contributed by atoms with Crippen LogP contribution in [0.25, 0.3) is 11.0 Å². The zero-order valence-electron chi connectivity index (χ0n) is 17.0. The Bertz CT molecular complexity index is 1040. The second-order valence-corrected chi connectivity index (χ2v) is 7.80. The van der Waals surface area contributed by atoms with Crippen molar-refractivity contribution < 1.29 is 9.53 Å². The lowest BCUT2D eigenvalue weighted by Gasteiger charge is -2.37. The van der Waals surface area contributed by atoms with Gasteiger partial charge in [-0.05, 0) is 31.4 Å². The lowest BCUT2D eigenvalue weighted by molar-refractivity contribution is -0.137. The van der Waals surface area contributed by atoms with Gasteiger partial charge in [0.05, 0.1) is 36.9 Å². The highest BCUT2D eigenvalue weighted by Gasteiger charge is 2.30. The fraction of sp³-hybridized carbons (Fsp3) is 0.600. The molecule has 0 spiro atoms. The van der Waals surface area contributed by atoms with Gasteiger partial charge in [0.2, 0.25) is 5.91 Å². The van der Waals surface area contributed by atoms with Crippen molar-refractivity contribution in [1.29, 1.82) is 0 Å². The molecule has 4 heterocycles. The molecule has 1 atom stereocenters. The number of rotatable bonds is 3. The molecule has 29 heavy (non-hydrogen) atoms. The molecule has 2 aromatic heterocycles. The summed E-state index contributed by atoms with van der Waals surface area (Å²) in [4.78, 5) is 46.4. The minimum Gasteiger partial charge on any atom is -0.379 e. The van der Waals surface area contributed by atoms with E-state index in [0.29, 0.717) is 37.3 Å². The van der Waals surface area contributed by atoms with E-state index in [0.717, 1.165) is 42.6 Å². The molecule has 9 heteroatoms. The number of fused-ring (bicyclic) bond motifs is 1. The van der Waals surface area contributed by atoms with E-state index in [2.05, 4.69) is 9.88 Å². The molecule has 2 aliphatic heterocycles. The van der Waals surface area contributed by atoms with Gasteiger partial charge in [-0.25, -0.2) is 9.78 Å². The maximum Gasteiger partial charge on any atom is 0.332 e. The van der Waals surface area contributed by atoms with E-state index < -0.39 is 5.69 Å². The Hall–Kier alpha value is -2.52. The molecule has 0 aliphatic carbocycles. The number of aryl methyl sites for hydroxylation is 1. The van der Waals surface area contributed by atoms with Crippen molar-refractivity contribution in [2.24, 2.45) is 14.1 Å². The molecular weight excluding hydrogens is 374 g/mol. The molecule has 0 aromatic carbocycles. The summed E-state index contributed by atoms with van der Waals surface area (Å²) in [5.41, 5.74) is 0.333. The number of carbonyl (C=O) groups excluding carboxylic acids is 1. The Morgan fingerprint density at radius 2 is 1.86 bits per heavy atom. The minimum absolute atomic E-state index is 0.0939. The van der Waals surface area contributed by atoms with Crippen molar-refractivity contribution in [3.05, 3.63) is 38.7 Å². The number of hydrogen-bond donors (Lipinski definition) is 0. The van der Waals surface area contributed by atoms with Gasteiger partial charge in [0.25, 0.3) is 5.56 Å². The molecule has 0 bridgehead atoms. The van der Waals surface area contributed by atoms with Crippen LogP contribution in [0.3, 0.4) is 0 Å². The molecule has 2 fully saturated rings. The molecule has 2 aromatic rings. The predicted molar refractivity (Wildman–Crippen MR) is 108 cm³/mol. The van der Waals surface area contributed by atoms with E-state index in [1.165, 1.54) is 11.6 Å². The highest BCUT2D eigenvalue weighted by Crippen LogP contribution is 2.30. The van der Waals surface area contributed by atoms with Gasteiger partial charge in [-0.15, -0.1) is 0 Å². The van der Waals surface area contributed by atoms with Crippen LogP contribution in [-0.4, -0.2) is 69.2 Å². The van der Waals surface area contributed by atoms with E-state index in [4.69, 9.17) is 4.74 Å². The van der Waals surface area contributed by atoms with Gasteiger partial charge in [-0.1, -0.05) is 0 Å². The first-order valence-corrected chi connectivity index (χ1v) is 10.1. The molecule has 0 saturated carbocycles. The number of ether oxygens (including phenoxy) is 1. The zero-order valence-corrected chi connectivity index (χ0v) is 17.0. The third-order valence-corrected chi connectivity index (χ3v) is 5.95. The number of piperidine rings is 1. The second-order valence-electron chi connectivity index (χ2n) is 7.80. The lowest BCUT2D eigenvalue weighted by Crippen LogP contribution is -2.47. The standard InChI is InChI=1S/C20H27N5O4/c1-22-18-14(19(27)23(2)20(22)28)6-7-15(21-18)16-5-3-4-8-25(16)17(26)13-24-9-11-29-12-10-24/h6-7,16H,3-5,8-13H2,1-2H3/t16-/m0/s1. The molecular formula is C20H27N5O4. The normalized spacial score (nSPS) is 20.9. The van der Waals surface area contributed by atoms with Crippen LogP contribution in [0.1, 0.15) is 31.0 Å². The van der Waals surface area contributed by atoms with Crippen LogP contribution >= 0.6 is 0 Å². The molecule has 4 rings (SSSR count). The highest BCUT2D eigenvalue weighted by atomic mass is 16.5. The summed E-state index contributed by atoms with van der Waals surface area (Å²) in [5, 5.41) is 0.403. The Morgan fingerprint density at radius 3 is 2.62 bits per heavy atom. The van der Waals surface area contributed by atoms with Crippen LogP contribution < -0.4 is 11.2 Å². The first kappa shape index (κ1) is 19.8. The fourth-order valence-corrected chi connectivity index (χ4v) is 4.23. The van der Waals surface area contributed by atoms with Gasteiger partial charge < -0.3 is 9.64 Å². The molecule has 156 valence electrons. The Morgan fingerprint density at radius 1 is 1.10 bits per heavy atom.